The summed E-state index contributed by atoms with van der Waals surface area (Å²) in [5.74, 6) is -0.424. The highest BCUT2D eigenvalue weighted by Crippen LogP contribution is 2.31. The number of benzene rings is 2. The zero-order valence-electron chi connectivity index (χ0n) is 13.5. The summed E-state index contributed by atoms with van der Waals surface area (Å²) in [6.07, 6.45) is 0. The summed E-state index contributed by atoms with van der Waals surface area (Å²) in [5.41, 5.74) is 2.57. The molecule has 0 fully saturated rings. The lowest BCUT2D eigenvalue weighted by atomic mass is 10.00. The van der Waals surface area contributed by atoms with Crippen LogP contribution in [0, 0.1) is 4.77 Å². The lowest BCUT2D eigenvalue weighted by molar-refractivity contribution is 0.0527. The van der Waals surface area contributed by atoms with Gasteiger partial charge in [-0.25, -0.2) is 9.78 Å². The van der Waals surface area contributed by atoms with E-state index < -0.39 is 5.97 Å². The molecule has 6 heteroatoms. The third-order valence-corrected chi connectivity index (χ3v) is 3.79. The molecule has 5 nitrogen and oxygen atoms in total. The molecule has 0 aliphatic carbocycles. The average Bonchev–Trinajstić information content (AvgIpc) is 2.62. The summed E-state index contributed by atoms with van der Waals surface area (Å²) in [4.78, 5) is 20.0. The number of esters is 1. The second kappa shape index (κ2) is 7.27. The Balaban J connectivity index is 2.32. The van der Waals surface area contributed by atoms with E-state index in [2.05, 4.69) is 9.97 Å². The highest BCUT2D eigenvalue weighted by molar-refractivity contribution is 7.71. The Bertz CT molecular complexity index is 968. The topological polar surface area (TPSA) is 75.2 Å². The molecule has 2 N–H and O–H groups in total. The number of H-pyrrole nitrogens is 1. The van der Waals surface area contributed by atoms with Gasteiger partial charge in [0.2, 0.25) is 0 Å². The molecule has 0 saturated carbocycles. The highest BCUT2D eigenvalue weighted by atomic mass is 32.1. The van der Waals surface area contributed by atoms with Gasteiger partial charge in [0.05, 0.1) is 18.0 Å². The van der Waals surface area contributed by atoms with Gasteiger partial charge in [-0.2, -0.15) is 0 Å². The fraction of sp³-hybridized carbons (Fsp3) is 0.105. The van der Waals surface area contributed by atoms with E-state index in [0.717, 1.165) is 5.56 Å². The van der Waals surface area contributed by atoms with Crippen molar-refractivity contribution in [1.82, 2.24) is 9.97 Å². The van der Waals surface area contributed by atoms with Crippen molar-refractivity contribution in [1.29, 1.82) is 0 Å². The van der Waals surface area contributed by atoms with Crippen LogP contribution in [0.1, 0.15) is 17.3 Å². The number of rotatable bonds is 4. The molecule has 0 amide bonds. The van der Waals surface area contributed by atoms with Crippen LogP contribution in [0.15, 0.2) is 54.6 Å². The van der Waals surface area contributed by atoms with Gasteiger partial charge in [-0.15, -0.1) is 0 Å². The van der Waals surface area contributed by atoms with Crippen LogP contribution in [-0.4, -0.2) is 27.7 Å². The zero-order valence-corrected chi connectivity index (χ0v) is 14.3. The van der Waals surface area contributed by atoms with Crippen LogP contribution >= 0.6 is 12.2 Å². The number of nitrogens with zero attached hydrogens (tertiary/aromatic N) is 1. The molecule has 1 heterocycles. The molecule has 3 rings (SSSR count). The lowest BCUT2D eigenvalue weighted by Crippen LogP contribution is -2.11. The smallest absolute Gasteiger partial charge is 0.342 e. The molecule has 3 aromatic rings. The Kier molecular flexibility index (Phi) is 4.90. The van der Waals surface area contributed by atoms with Crippen LogP contribution in [0.5, 0.6) is 5.75 Å². The molecule has 0 saturated heterocycles. The number of aromatic hydroxyl groups is 1. The van der Waals surface area contributed by atoms with E-state index in [-0.39, 0.29) is 22.7 Å². The number of aromatic amines is 1. The number of carbonyl (C=O) groups is 1. The van der Waals surface area contributed by atoms with Crippen LogP contribution in [0.4, 0.5) is 0 Å². The first-order valence-corrected chi connectivity index (χ1v) is 8.17. The monoisotopic (exact) mass is 352 g/mol. The van der Waals surface area contributed by atoms with Crippen molar-refractivity contribution in [3.63, 3.8) is 0 Å². The van der Waals surface area contributed by atoms with Gasteiger partial charge in [-0.3, -0.25) is 0 Å². The molecule has 0 aliphatic rings. The molecule has 126 valence electrons. The Labute approximate surface area is 150 Å². The molecule has 0 atom stereocenters. The maximum atomic E-state index is 12.7. The zero-order chi connectivity index (χ0) is 17.8. The molecule has 2 aromatic carbocycles. The Morgan fingerprint density at radius 3 is 2.56 bits per heavy atom. The predicted octanol–water partition coefficient (Wildman–Crippen LogP) is 4.36. The van der Waals surface area contributed by atoms with Crippen molar-refractivity contribution in [2.45, 2.75) is 6.92 Å². The molecule has 0 spiro atoms. The number of phenols is 1. The fourth-order valence-electron chi connectivity index (χ4n) is 2.56. The van der Waals surface area contributed by atoms with Gasteiger partial charge in [0.15, 0.2) is 4.77 Å². The number of hydrogen-bond donors (Lipinski definition) is 2. The van der Waals surface area contributed by atoms with Gasteiger partial charge in [-0.1, -0.05) is 42.5 Å². The number of ether oxygens (including phenoxy) is 1. The minimum absolute atomic E-state index is 0.0779. The van der Waals surface area contributed by atoms with E-state index in [1.165, 1.54) is 6.07 Å². The Morgan fingerprint density at radius 2 is 1.88 bits per heavy atom. The van der Waals surface area contributed by atoms with E-state index in [4.69, 9.17) is 17.0 Å². The van der Waals surface area contributed by atoms with Gasteiger partial charge < -0.3 is 14.8 Å². The molecule has 0 bridgehead atoms. The molecule has 25 heavy (non-hydrogen) atoms. The fourth-order valence-corrected chi connectivity index (χ4v) is 2.75. The highest BCUT2D eigenvalue weighted by Gasteiger charge is 2.22. The maximum Gasteiger partial charge on any atom is 0.342 e. The number of hydrogen-bond acceptors (Lipinski definition) is 5. The van der Waals surface area contributed by atoms with Crippen LogP contribution in [-0.2, 0) is 4.74 Å². The maximum absolute atomic E-state index is 12.7. The minimum atomic E-state index is -0.501. The summed E-state index contributed by atoms with van der Waals surface area (Å²) in [6, 6.07) is 15.9. The quantitative estimate of drug-likeness (QED) is 0.539. The molecule has 1 aromatic heterocycles. The summed E-state index contributed by atoms with van der Waals surface area (Å²) >= 11 is 5.25. The second-order valence-corrected chi connectivity index (χ2v) is 5.66. The van der Waals surface area contributed by atoms with E-state index in [1.54, 1.807) is 25.1 Å². The number of phenolic OH excluding ortho intramolecular Hbond substituents is 1. The Morgan fingerprint density at radius 1 is 1.16 bits per heavy atom. The normalized spacial score (nSPS) is 10.4. The van der Waals surface area contributed by atoms with Crippen LogP contribution in [0.25, 0.3) is 22.5 Å². The van der Waals surface area contributed by atoms with Gasteiger partial charge in [0.25, 0.3) is 0 Å². The van der Waals surface area contributed by atoms with Crippen molar-refractivity contribution in [3.8, 4) is 28.3 Å². The first-order chi connectivity index (χ1) is 12.1. The number of nitrogens with one attached hydrogen (secondary N) is 1. The average molecular weight is 352 g/mol. The van der Waals surface area contributed by atoms with E-state index >= 15 is 0 Å². The minimum Gasteiger partial charge on any atom is -0.508 e. The largest absolute Gasteiger partial charge is 0.508 e. The van der Waals surface area contributed by atoms with Gasteiger partial charge in [0, 0.05) is 5.56 Å². The van der Waals surface area contributed by atoms with Gasteiger partial charge in [0.1, 0.15) is 11.3 Å². The number of carbonyl (C=O) groups excluding carboxylic acids is 1. The van der Waals surface area contributed by atoms with Crippen molar-refractivity contribution in [2.75, 3.05) is 6.61 Å². The van der Waals surface area contributed by atoms with Gasteiger partial charge in [-0.05, 0) is 36.8 Å². The second-order valence-electron chi connectivity index (χ2n) is 5.28. The third-order valence-electron chi connectivity index (χ3n) is 3.59. The Hall–Kier alpha value is -2.99. The standard InChI is InChI=1S/C19H16N2O3S/c1-2-24-18(23)15-16(12-7-4-3-5-8-12)20-19(25)21-17(15)13-9-6-10-14(22)11-13/h3-11,22H,2H2,1H3,(H,20,21,25). The summed E-state index contributed by atoms with van der Waals surface area (Å²) in [7, 11) is 0. The summed E-state index contributed by atoms with van der Waals surface area (Å²) in [5, 5.41) is 9.79. The van der Waals surface area contributed by atoms with Crippen molar-refractivity contribution >= 4 is 18.2 Å². The predicted molar refractivity (Wildman–Crippen MR) is 97.9 cm³/mol. The third kappa shape index (κ3) is 3.59. The van der Waals surface area contributed by atoms with Gasteiger partial charge >= 0.3 is 5.97 Å². The van der Waals surface area contributed by atoms with Crippen LogP contribution in [0.2, 0.25) is 0 Å². The first kappa shape index (κ1) is 16.9. The molecule has 0 unspecified atom stereocenters. The first-order valence-electron chi connectivity index (χ1n) is 7.76. The van der Waals surface area contributed by atoms with E-state index in [1.807, 2.05) is 30.3 Å². The lowest BCUT2D eigenvalue weighted by Gasteiger charge is -2.14. The van der Waals surface area contributed by atoms with Crippen LogP contribution in [0.3, 0.4) is 0 Å². The van der Waals surface area contributed by atoms with Crippen LogP contribution < -0.4 is 0 Å². The molecule has 0 radical (unpaired) electrons. The van der Waals surface area contributed by atoms with Crippen molar-refractivity contribution in [2.24, 2.45) is 0 Å². The van der Waals surface area contributed by atoms with E-state index in [0.29, 0.717) is 17.0 Å². The van der Waals surface area contributed by atoms with Crippen molar-refractivity contribution < 1.29 is 14.6 Å². The summed E-state index contributed by atoms with van der Waals surface area (Å²) in [6.45, 7) is 1.98. The van der Waals surface area contributed by atoms with E-state index in [9.17, 15) is 9.90 Å². The molecular formula is C19H16N2O3S. The SMILES string of the molecule is CCOC(=O)c1c(-c2cccc(O)c2)nc(=S)[nH]c1-c1ccccc1. The molecular weight excluding hydrogens is 336 g/mol. The summed E-state index contributed by atoms with van der Waals surface area (Å²) < 4.78 is 5.47. The van der Waals surface area contributed by atoms with Crippen molar-refractivity contribution in [3.05, 3.63) is 64.9 Å². The molecule has 0 aliphatic heterocycles. The number of aromatic nitrogens is 2.